The van der Waals surface area contributed by atoms with Crippen molar-refractivity contribution in [2.75, 3.05) is 6.54 Å². The van der Waals surface area contributed by atoms with Crippen LogP contribution in [0.15, 0.2) is 34.7 Å². The first kappa shape index (κ1) is 16.3. The molecule has 5 heteroatoms. The minimum Gasteiger partial charge on any atom is -0.464 e. The molecule has 0 radical (unpaired) electrons. The molecule has 1 aromatic carbocycles. The van der Waals surface area contributed by atoms with Gasteiger partial charge in [0.1, 0.15) is 23.4 Å². The Balaban J connectivity index is 1.94. The Morgan fingerprint density at radius 3 is 2.83 bits per heavy atom. The van der Waals surface area contributed by atoms with Crippen molar-refractivity contribution >= 4 is 5.91 Å². The van der Waals surface area contributed by atoms with Crippen molar-refractivity contribution in [2.45, 2.75) is 38.6 Å². The summed E-state index contributed by atoms with van der Waals surface area (Å²) in [6.45, 7) is 2.51. The second-order valence-corrected chi connectivity index (χ2v) is 6.12. The first-order valence-corrected chi connectivity index (χ1v) is 8.17. The molecule has 3 rings (SSSR count). The molecule has 2 heterocycles. The Kier molecular flexibility index (Phi) is 4.66. The van der Waals surface area contributed by atoms with Gasteiger partial charge >= 0.3 is 0 Å². The molecule has 0 aliphatic carbocycles. The van der Waals surface area contributed by atoms with Gasteiger partial charge in [0, 0.05) is 12.1 Å². The van der Waals surface area contributed by atoms with Crippen LogP contribution in [0, 0.1) is 24.1 Å². The topological polar surface area (TPSA) is 57.2 Å². The van der Waals surface area contributed by atoms with Gasteiger partial charge in [0.05, 0.1) is 11.6 Å². The minimum absolute atomic E-state index is 0.110. The van der Waals surface area contributed by atoms with Gasteiger partial charge in [-0.15, -0.1) is 0 Å². The third-order valence-corrected chi connectivity index (χ3v) is 4.44. The molecule has 1 fully saturated rings. The van der Waals surface area contributed by atoms with Crippen LogP contribution in [0.5, 0.6) is 0 Å². The van der Waals surface area contributed by atoms with E-state index >= 15 is 0 Å². The highest BCUT2D eigenvalue weighted by atomic mass is 19.1. The molecule has 1 aliphatic rings. The number of rotatable bonds is 2. The summed E-state index contributed by atoms with van der Waals surface area (Å²) >= 11 is 0. The number of likely N-dealkylation sites (tertiary alicyclic amines) is 1. The van der Waals surface area contributed by atoms with Gasteiger partial charge in [-0.3, -0.25) is 4.79 Å². The lowest BCUT2D eigenvalue weighted by Crippen LogP contribution is -2.34. The molecule has 24 heavy (non-hydrogen) atoms. The zero-order valence-electron chi connectivity index (χ0n) is 13.6. The second-order valence-electron chi connectivity index (χ2n) is 6.12. The van der Waals surface area contributed by atoms with Crippen LogP contribution >= 0.6 is 0 Å². The lowest BCUT2D eigenvalue weighted by Gasteiger charge is -2.29. The molecular weight excluding hydrogens is 307 g/mol. The average Bonchev–Trinajstić information content (AvgIpc) is 2.87. The van der Waals surface area contributed by atoms with Crippen molar-refractivity contribution in [2.24, 2.45) is 0 Å². The van der Waals surface area contributed by atoms with Gasteiger partial charge in [-0.05, 0) is 50.1 Å². The molecule has 124 valence electrons. The largest absolute Gasteiger partial charge is 0.464 e. The van der Waals surface area contributed by atoms with Crippen LogP contribution in [-0.2, 0) is 0 Å². The number of benzene rings is 1. The van der Waals surface area contributed by atoms with Crippen LogP contribution < -0.4 is 0 Å². The van der Waals surface area contributed by atoms with Gasteiger partial charge < -0.3 is 9.32 Å². The molecule has 0 saturated carbocycles. The van der Waals surface area contributed by atoms with Gasteiger partial charge in [-0.2, -0.15) is 5.26 Å². The highest BCUT2D eigenvalue weighted by molar-refractivity contribution is 5.94. The highest BCUT2D eigenvalue weighted by Crippen LogP contribution is 2.32. The van der Waals surface area contributed by atoms with Crippen LogP contribution in [-0.4, -0.2) is 17.4 Å². The van der Waals surface area contributed by atoms with Gasteiger partial charge in [0.25, 0.3) is 5.91 Å². The van der Waals surface area contributed by atoms with Gasteiger partial charge in [0.15, 0.2) is 0 Å². The maximum absolute atomic E-state index is 13.5. The number of nitriles is 1. The Hall–Kier alpha value is -2.61. The molecule has 1 saturated heterocycles. The van der Waals surface area contributed by atoms with Crippen molar-refractivity contribution in [3.05, 3.63) is 58.8 Å². The van der Waals surface area contributed by atoms with Crippen molar-refractivity contribution in [1.29, 1.82) is 5.26 Å². The zero-order valence-corrected chi connectivity index (χ0v) is 13.6. The quantitative estimate of drug-likeness (QED) is 0.824. The van der Waals surface area contributed by atoms with Gasteiger partial charge in [0.2, 0.25) is 0 Å². The molecule has 1 amide bonds. The second kappa shape index (κ2) is 6.88. The van der Waals surface area contributed by atoms with E-state index in [9.17, 15) is 9.18 Å². The van der Waals surface area contributed by atoms with Crippen molar-refractivity contribution in [1.82, 2.24) is 4.90 Å². The maximum Gasteiger partial charge on any atom is 0.254 e. The van der Waals surface area contributed by atoms with E-state index in [-0.39, 0.29) is 17.5 Å². The van der Waals surface area contributed by atoms with Crippen LogP contribution in [0.1, 0.15) is 59.2 Å². The van der Waals surface area contributed by atoms with E-state index in [1.165, 1.54) is 18.2 Å². The molecule has 1 atom stereocenters. The summed E-state index contributed by atoms with van der Waals surface area (Å²) in [5.41, 5.74) is 0.226. The Morgan fingerprint density at radius 2 is 2.12 bits per heavy atom. The smallest absolute Gasteiger partial charge is 0.254 e. The molecule has 1 aromatic heterocycles. The molecule has 0 N–H and O–H groups in total. The van der Waals surface area contributed by atoms with Crippen LogP contribution in [0.3, 0.4) is 0 Å². The lowest BCUT2D eigenvalue weighted by atomic mass is 10.1. The Morgan fingerprint density at radius 1 is 1.29 bits per heavy atom. The first-order valence-electron chi connectivity index (χ1n) is 8.17. The molecule has 4 nitrogen and oxygen atoms in total. The average molecular weight is 326 g/mol. The number of nitrogens with zero attached hydrogens (tertiary/aromatic N) is 2. The fourth-order valence-corrected chi connectivity index (χ4v) is 3.19. The third kappa shape index (κ3) is 3.18. The van der Waals surface area contributed by atoms with Crippen LogP contribution in [0.2, 0.25) is 0 Å². The standard InChI is InChI=1S/C19H19FN2O2/c1-13-6-9-18(24-13)17-5-3-2-4-10-22(17)19(23)14-7-8-16(20)15(11-14)12-21/h6-9,11,17H,2-5,10H2,1H3. The van der Waals surface area contributed by atoms with Crippen molar-refractivity contribution in [3.8, 4) is 6.07 Å². The van der Waals surface area contributed by atoms with Gasteiger partial charge in [-0.1, -0.05) is 12.8 Å². The normalized spacial score (nSPS) is 18.0. The summed E-state index contributed by atoms with van der Waals surface area (Å²) in [5.74, 6) is 0.802. The lowest BCUT2D eigenvalue weighted by molar-refractivity contribution is 0.0657. The van der Waals surface area contributed by atoms with E-state index < -0.39 is 5.82 Å². The first-order chi connectivity index (χ1) is 11.6. The molecule has 0 bridgehead atoms. The number of carbonyl (C=O) groups is 1. The molecule has 2 aromatic rings. The van der Waals surface area contributed by atoms with E-state index in [2.05, 4.69) is 0 Å². The summed E-state index contributed by atoms with van der Waals surface area (Å²) < 4.78 is 19.3. The molecular formula is C19H19FN2O2. The SMILES string of the molecule is Cc1ccc(C2CCCCCN2C(=O)c2ccc(F)c(C#N)c2)o1. The summed E-state index contributed by atoms with van der Waals surface area (Å²) in [4.78, 5) is 14.8. The van der Waals surface area contributed by atoms with E-state index in [0.29, 0.717) is 12.1 Å². The van der Waals surface area contributed by atoms with E-state index in [4.69, 9.17) is 9.68 Å². The fourth-order valence-electron chi connectivity index (χ4n) is 3.19. The van der Waals surface area contributed by atoms with Crippen LogP contribution in [0.4, 0.5) is 4.39 Å². The number of aryl methyl sites for hydroxylation is 1. The highest BCUT2D eigenvalue weighted by Gasteiger charge is 2.29. The predicted molar refractivity (Wildman–Crippen MR) is 86.8 cm³/mol. The number of amides is 1. The van der Waals surface area contributed by atoms with Crippen molar-refractivity contribution in [3.63, 3.8) is 0 Å². The molecule has 0 spiro atoms. The fraction of sp³-hybridized carbons (Fsp3) is 0.368. The van der Waals surface area contributed by atoms with Crippen molar-refractivity contribution < 1.29 is 13.6 Å². The summed E-state index contributed by atoms with van der Waals surface area (Å²) in [6.07, 6.45) is 3.85. The predicted octanol–water partition coefficient (Wildman–Crippen LogP) is 4.36. The summed E-state index contributed by atoms with van der Waals surface area (Å²) in [5, 5.41) is 8.98. The number of furan rings is 1. The summed E-state index contributed by atoms with van der Waals surface area (Å²) in [6, 6.07) is 9.42. The molecule has 1 aliphatic heterocycles. The Bertz CT molecular complexity index is 791. The third-order valence-electron chi connectivity index (χ3n) is 4.44. The van der Waals surface area contributed by atoms with Gasteiger partial charge in [-0.25, -0.2) is 4.39 Å². The number of carbonyl (C=O) groups excluding carboxylic acids is 1. The van der Waals surface area contributed by atoms with E-state index in [0.717, 1.165) is 37.2 Å². The maximum atomic E-state index is 13.5. The van der Waals surface area contributed by atoms with E-state index in [1.54, 1.807) is 11.0 Å². The Labute approximate surface area is 140 Å². The van der Waals surface area contributed by atoms with Crippen LogP contribution in [0.25, 0.3) is 0 Å². The molecule has 1 unspecified atom stereocenters. The van der Waals surface area contributed by atoms with E-state index in [1.807, 2.05) is 19.1 Å². The number of hydrogen-bond donors (Lipinski definition) is 0. The monoisotopic (exact) mass is 326 g/mol. The zero-order chi connectivity index (χ0) is 17.1. The number of hydrogen-bond acceptors (Lipinski definition) is 3. The summed E-state index contributed by atoms with van der Waals surface area (Å²) in [7, 11) is 0. The number of halogens is 1. The minimum atomic E-state index is -0.608.